The molecule has 0 aliphatic carbocycles. The number of methoxy groups -OCH3 is 1. The van der Waals surface area contributed by atoms with Gasteiger partial charge in [-0.3, -0.25) is 0 Å². The molecule has 96 valence electrons. The van der Waals surface area contributed by atoms with Gasteiger partial charge in [-0.2, -0.15) is 11.3 Å². The number of thiophene rings is 1. The van der Waals surface area contributed by atoms with Gasteiger partial charge in [0.25, 0.3) is 0 Å². The summed E-state index contributed by atoms with van der Waals surface area (Å²) in [6, 6.07) is 9.57. The van der Waals surface area contributed by atoms with Crippen LogP contribution in [-0.4, -0.2) is 18.8 Å². The largest absolute Gasteiger partial charge is 0.497 e. The molecule has 18 heavy (non-hydrogen) atoms. The second kappa shape index (κ2) is 6.54. The van der Waals surface area contributed by atoms with E-state index in [1.165, 1.54) is 5.56 Å². The SMILES string of the molecule is COc1ccc(C(O)CNCc2ccsc2)cc1. The first kappa shape index (κ1) is 13.1. The molecule has 2 aromatic rings. The average molecular weight is 263 g/mol. The Morgan fingerprint density at radius 3 is 2.67 bits per heavy atom. The number of aliphatic hydroxyl groups is 1. The molecule has 4 heteroatoms. The van der Waals surface area contributed by atoms with E-state index in [0.29, 0.717) is 6.54 Å². The summed E-state index contributed by atoms with van der Waals surface area (Å²) in [5, 5.41) is 17.4. The van der Waals surface area contributed by atoms with Crippen LogP contribution in [0.25, 0.3) is 0 Å². The number of ether oxygens (including phenoxy) is 1. The minimum absolute atomic E-state index is 0.491. The highest BCUT2D eigenvalue weighted by molar-refractivity contribution is 7.07. The summed E-state index contributed by atoms with van der Waals surface area (Å²) in [6.45, 7) is 1.33. The number of benzene rings is 1. The summed E-state index contributed by atoms with van der Waals surface area (Å²) in [5.41, 5.74) is 2.15. The summed E-state index contributed by atoms with van der Waals surface area (Å²) >= 11 is 1.68. The molecule has 2 rings (SSSR count). The Labute approximate surface area is 111 Å². The van der Waals surface area contributed by atoms with E-state index in [-0.39, 0.29) is 0 Å². The van der Waals surface area contributed by atoms with Crippen LogP contribution in [0.3, 0.4) is 0 Å². The van der Waals surface area contributed by atoms with Crippen molar-refractivity contribution < 1.29 is 9.84 Å². The van der Waals surface area contributed by atoms with E-state index in [2.05, 4.69) is 22.1 Å². The van der Waals surface area contributed by atoms with E-state index in [1.807, 2.05) is 24.3 Å². The topological polar surface area (TPSA) is 41.5 Å². The summed E-state index contributed by atoms with van der Waals surface area (Å²) in [4.78, 5) is 0. The number of hydrogen-bond acceptors (Lipinski definition) is 4. The molecular formula is C14H17NO2S. The fourth-order valence-electron chi connectivity index (χ4n) is 1.69. The predicted molar refractivity (Wildman–Crippen MR) is 74.0 cm³/mol. The normalized spacial score (nSPS) is 12.3. The molecule has 3 nitrogen and oxygen atoms in total. The van der Waals surface area contributed by atoms with Gasteiger partial charge in [0, 0.05) is 13.1 Å². The second-order valence-corrected chi connectivity index (χ2v) is 4.83. The van der Waals surface area contributed by atoms with Gasteiger partial charge in [-0.1, -0.05) is 12.1 Å². The van der Waals surface area contributed by atoms with Crippen LogP contribution in [0.5, 0.6) is 5.75 Å². The summed E-state index contributed by atoms with van der Waals surface area (Å²) in [5.74, 6) is 0.803. The number of rotatable bonds is 6. The van der Waals surface area contributed by atoms with Crippen LogP contribution >= 0.6 is 11.3 Å². The Bertz CT molecular complexity index is 453. The minimum Gasteiger partial charge on any atom is -0.497 e. The molecule has 0 aliphatic heterocycles. The van der Waals surface area contributed by atoms with E-state index >= 15 is 0 Å². The number of aliphatic hydroxyl groups excluding tert-OH is 1. The van der Waals surface area contributed by atoms with Gasteiger partial charge in [0.15, 0.2) is 0 Å². The highest BCUT2D eigenvalue weighted by Gasteiger charge is 2.06. The monoisotopic (exact) mass is 263 g/mol. The molecule has 0 fully saturated rings. The van der Waals surface area contributed by atoms with E-state index < -0.39 is 6.10 Å². The zero-order chi connectivity index (χ0) is 12.8. The molecule has 0 saturated carbocycles. The van der Waals surface area contributed by atoms with Crippen molar-refractivity contribution in [2.24, 2.45) is 0 Å². The summed E-state index contributed by atoms with van der Waals surface area (Å²) < 4.78 is 5.08. The number of nitrogens with one attached hydrogen (secondary N) is 1. The molecule has 2 N–H and O–H groups in total. The smallest absolute Gasteiger partial charge is 0.118 e. The summed E-state index contributed by atoms with van der Waals surface area (Å²) in [7, 11) is 1.63. The van der Waals surface area contributed by atoms with Crippen molar-refractivity contribution in [3.63, 3.8) is 0 Å². The highest BCUT2D eigenvalue weighted by Crippen LogP contribution is 2.17. The Kier molecular flexibility index (Phi) is 4.75. The quantitative estimate of drug-likeness (QED) is 0.841. The first-order chi connectivity index (χ1) is 8.79. The molecule has 0 saturated heterocycles. The van der Waals surface area contributed by atoms with Crippen molar-refractivity contribution >= 4 is 11.3 Å². The van der Waals surface area contributed by atoms with Crippen molar-refractivity contribution in [2.45, 2.75) is 12.6 Å². The van der Waals surface area contributed by atoms with Crippen molar-refractivity contribution in [1.82, 2.24) is 5.32 Å². The van der Waals surface area contributed by atoms with Gasteiger partial charge in [0.1, 0.15) is 5.75 Å². The van der Waals surface area contributed by atoms with Gasteiger partial charge in [-0.05, 0) is 40.1 Å². The van der Waals surface area contributed by atoms with Gasteiger partial charge in [-0.15, -0.1) is 0 Å². The minimum atomic E-state index is -0.491. The van der Waals surface area contributed by atoms with E-state index in [4.69, 9.17) is 4.74 Å². The van der Waals surface area contributed by atoms with Crippen LogP contribution in [0.4, 0.5) is 0 Å². The average Bonchev–Trinajstić information content (AvgIpc) is 2.92. The molecule has 0 spiro atoms. The molecule has 1 heterocycles. The third kappa shape index (κ3) is 3.57. The van der Waals surface area contributed by atoms with Crippen molar-refractivity contribution in [1.29, 1.82) is 0 Å². The third-order valence-corrected chi connectivity index (χ3v) is 3.48. The Balaban J connectivity index is 1.81. The molecule has 1 aromatic carbocycles. The zero-order valence-electron chi connectivity index (χ0n) is 10.3. The van der Waals surface area contributed by atoms with Gasteiger partial charge >= 0.3 is 0 Å². The molecule has 1 unspecified atom stereocenters. The van der Waals surface area contributed by atoms with Crippen molar-refractivity contribution in [2.75, 3.05) is 13.7 Å². The van der Waals surface area contributed by atoms with Crippen LogP contribution in [0.2, 0.25) is 0 Å². The van der Waals surface area contributed by atoms with Gasteiger partial charge in [0.05, 0.1) is 13.2 Å². The predicted octanol–water partition coefficient (Wildman–Crippen LogP) is 2.58. The van der Waals surface area contributed by atoms with Gasteiger partial charge in [-0.25, -0.2) is 0 Å². The van der Waals surface area contributed by atoms with Crippen molar-refractivity contribution in [3.8, 4) is 5.75 Å². The fourth-order valence-corrected chi connectivity index (χ4v) is 2.36. The Morgan fingerprint density at radius 2 is 2.06 bits per heavy atom. The molecule has 0 bridgehead atoms. The van der Waals surface area contributed by atoms with Gasteiger partial charge in [0.2, 0.25) is 0 Å². The van der Waals surface area contributed by atoms with Gasteiger partial charge < -0.3 is 15.2 Å². The maximum absolute atomic E-state index is 10.0. The third-order valence-electron chi connectivity index (χ3n) is 2.75. The summed E-state index contributed by atoms with van der Waals surface area (Å²) in [6.07, 6.45) is -0.491. The maximum Gasteiger partial charge on any atom is 0.118 e. The molecule has 0 aliphatic rings. The lowest BCUT2D eigenvalue weighted by Gasteiger charge is -2.12. The Hall–Kier alpha value is -1.36. The first-order valence-corrected chi connectivity index (χ1v) is 6.77. The molecule has 1 atom stereocenters. The van der Waals surface area contributed by atoms with Crippen LogP contribution < -0.4 is 10.1 Å². The molecule has 0 amide bonds. The fraction of sp³-hybridized carbons (Fsp3) is 0.286. The lowest BCUT2D eigenvalue weighted by molar-refractivity contribution is 0.174. The molecular weight excluding hydrogens is 246 g/mol. The van der Waals surface area contributed by atoms with E-state index in [0.717, 1.165) is 17.9 Å². The van der Waals surface area contributed by atoms with Crippen LogP contribution in [-0.2, 0) is 6.54 Å². The first-order valence-electron chi connectivity index (χ1n) is 5.83. The van der Waals surface area contributed by atoms with E-state index in [9.17, 15) is 5.11 Å². The van der Waals surface area contributed by atoms with Crippen molar-refractivity contribution in [3.05, 3.63) is 52.2 Å². The Morgan fingerprint density at radius 1 is 1.28 bits per heavy atom. The standard InChI is InChI=1S/C14H17NO2S/c1-17-13-4-2-12(3-5-13)14(16)9-15-8-11-6-7-18-10-11/h2-7,10,14-16H,8-9H2,1H3. The zero-order valence-corrected chi connectivity index (χ0v) is 11.1. The molecule has 0 radical (unpaired) electrons. The second-order valence-electron chi connectivity index (χ2n) is 4.05. The maximum atomic E-state index is 10.0. The van der Waals surface area contributed by atoms with Crippen LogP contribution in [0.1, 0.15) is 17.2 Å². The molecule has 1 aromatic heterocycles. The van der Waals surface area contributed by atoms with E-state index in [1.54, 1.807) is 18.4 Å². The number of hydrogen-bond donors (Lipinski definition) is 2. The lowest BCUT2D eigenvalue weighted by atomic mass is 10.1. The van der Waals surface area contributed by atoms with Crippen LogP contribution in [0, 0.1) is 0 Å². The lowest BCUT2D eigenvalue weighted by Crippen LogP contribution is -2.20. The highest BCUT2D eigenvalue weighted by atomic mass is 32.1. The van der Waals surface area contributed by atoms with Crippen LogP contribution in [0.15, 0.2) is 41.1 Å².